The van der Waals surface area contributed by atoms with Gasteiger partial charge in [0, 0.05) is 12.3 Å². The Morgan fingerprint density at radius 3 is 2.95 bits per heavy atom. The minimum atomic E-state index is -0.929. The molecule has 0 saturated carbocycles. The van der Waals surface area contributed by atoms with Crippen LogP contribution in [0.15, 0.2) is 33.0 Å². The van der Waals surface area contributed by atoms with Crippen LogP contribution in [0.1, 0.15) is 11.1 Å². The fourth-order valence-electron chi connectivity index (χ4n) is 1.51. The van der Waals surface area contributed by atoms with Crippen LogP contribution in [0, 0.1) is 6.92 Å². The maximum absolute atomic E-state index is 11.3. The number of rotatable bonds is 5. The minimum Gasteiger partial charge on any atom is -0.481 e. The number of aliphatic carboxylic acids is 1. The van der Waals surface area contributed by atoms with E-state index < -0.39 is 5.97 Å². The maximum Gasteiger partial charge on any atom is 0.313 e. The van der Waals surface area contributed by atoms with Crippen molar-refractivity contribution in [2.24, 2.45) is 0 Å². The van der Waals surface area contributed by atoms with Gasteiger partial charge in [0.2, 0.25) is 0 Å². The van der Waals surface area contributed by atoms with Crippen LogP contribution < -0.4 is 5.56 Å². The molecule has 7 heteroatoms. The van der Waals surface area contributed by atoms with Crippen LogP contribution >= 0.6 is 23.1 Å². The number of carboxylic acids is 1. The van der Waals surface area contributed by atoms with Crippen LogP contribution in [0.2, 0.25) is 0 Å². The van der Waals surface area contributed by atoms with E-state index in [2.05, 4.69) is 10.4 Å². The van der Waals surface area contributed by atoms with Gasteiger partial charge in [-0.15, -0.1) is 0 Å². The molecule has 100 valence electrons. The number of nitrogens with zero attached hydrogens (tertiary/aromatic N) is 2. The van der Waals surface area contributed by atoms with E-state index in [0.29, 0.717) is 11.7 Å². The fourth-order valence-corrected chi connectivity index (χ4v) is 3.05. The molecule has 0 spiro atoms. The largest absolute Gasteiger partial charge is 0.481 e. The topological polar surface area (TPSA) is 72.2 Å². The predicted molar refractivity (Wildman–Crippen MR) is 75.0 cm³/mol. The first kappa shape index (κ1) is 13.8. The molecule has 2 rings (SSSR count). The highest BCUT2D eigenvalue weighted by atomic mass is 32.2. The molecule has 0 bridgehead atoms. The molecule has 5 nitrogen and oxygen atoms in total. The Bertz CT molecular complexity index is 648. The van der Waals surface area contributed by atoms with Crippen molar-refractivity contribution in [2.45, 2.75) is 18.6 Å². The molecule has 0 aliphatic rings. The number of aryl methyl sites for hydroxylation is 1. The average molecular weight is 296 g/mol. The van der Waals surface area contributed by atoms with Gasteiger partial charge in [0.1, 0.15) is 0 Å². The lowest BCUT2D eigenvalue weighted by Gasteiger charge is -2.10. The Morgan fingerprint density at radius 1 is 1.53 bits per heavy atom. The molecule has 0 aromatic carbocycles. The highest BCUT2D eigenvalue weighted by molar-refractivity contribution is 7.99. The molecule has 0 aliphatic heterocycles. The second kappa shape index (κ2) is 6.03. The van der Waals surface area contributed by atoms with Crippen LogP contribution in [0.4, 0.5) is 0 Å². The summed E-state index contributed by atoms with van der Waals surface area (Å²) in [6.45, 7) is 2.61. The van der Waals surface area contributed by atoms with Crippen molar-refractivity contribution in [1.29, 1.82) is 0 Å². The zero-order valence-electron chi connectivity index (χ0n) is 10.2. The highest BCUT2D eigenvalue weighted by Crippen LogP contribution is 2.19. The Morgan fingerprint density at radius 2 is 2.32 bits per heavy atom. The van der Waals surface area contributed by atoms with E-state index in [1.54, 1.807) is 22.1 Å². The van der Waals surface area contributed by atoms with Gasteiger partial charge in [-0.3, -0.25) is 9.59 Å². The van der Waals surface area contributed by atoms with Gasteiger partial charge in [0.25, 0.3) is 5.56 Å². The van der Waals surface area contributed by atoms with E-state index in [-0.39, 0.29) is 11.3 Å². The molecular formula is C12H12N2O3S2. The average Bonchev–Trinajstić information content (AvgIpc) is 2.75. The summed E-state index contributed by atoms with van der Waals surface area (Å²) in [6, 6.07) is 1.38. The molecule has 1 N–H and O–H groups in total. The molecule has 2 heterocycles. The van der Waals surface area contributed by atoms with Crippen LogP contribution in [-0.4, -0.2) is 26.4 Å². The van der Waals surface area contributed by atoms with Gasteiger partial charge in [0.05, 0.1) is 12.3 Å². The first-order valence-corrected chi connectivity index (χ1v) is 7.43. The summed E-state index contributed by atoms with van der Waals surface area (Å²) in [4.78, 5) is 25.7. The molecule has 0 saturated heterocycles. The third-order valence-corrected chi connectivity index (χ3v) is 4.36. The van der Waals surface area contributed by atoms with Gasteiger partial charge in [-0.05, 0) is 28.8 Å². The lowest BCUT2D eigenvalue weighted by Crippen LogP contribution is -2.15. The van der Waals surface area contributed by atoms with Crippen LogP contribution in [0.25, 0.3) is 0 Å². The van der Waals surface area contributed by atoms with Crippen LogP contribution in [-0.2, 0) is 11.3 Å². The van der Waals surface area contributed by atoms with E-state index in [9.17, 15) is 9.59 Å². The third kappa shape index (κ3) is 3.68. The molecular weight excluding hydrogens is 284 g/mol. The van der Waals surface area contributed by atoms with Crippen molar-refractivity contribution < 1.29 is 9.90 Å². The predicted octanol–water partition coefficient (Wildman–Crippen LogP) is 1.84. The standard InChI is InChI=1S/C12H12N2O3S2/c1-8-5-18-6-9(8)4-14-3-2-10(15)13-12(14)19-7-11(16)17/h2-3,5-6H,4,7H2,1H3,(H,16,17). The molecule has 2 aromatic rings. The fraction of sp³-hybridized carbons (Fsp3) is 0.250. The summed E-state index contributed by atoms with van der Waals surface area (Å²) in [5.41, 5.74) is 1.97. The number of carboxylic acid groups (broad SMARTS) is 1. The molecule has 0 atom stereocenters. The Labute approximate surface area is 117 Å². The van der Waals surface area contributed by atoms with Crippen molar-refractivity contribution in [3.8, 4) is 0 Å². The van der Waals surface area contributed by atoms with Crippen molar-refractivity contribution in [3.63, 3.8) is 0 Å². The van der Waals surface area contributed by atoms with Crippen LogP contribution in [0.5, 0.6) is 0 Å². The normalized spacial score (nSPS) is 10.6. The van der Waals surface area contributed by atoms with E-state index >= 15 is 0 Å². The van der Waals surface area contributed by atoms with Gasteiger partial charge in [0.15, 0.2) is 5.16 Å². The van der Waals surface area contributed by atoms with Gasteiger partial charge >= 0.3 is 5.97 Å². The summed E-state index contributed by atoms with van der Waals surface area (Å²) in [7, 11) is 0. The first-order chi connectivity index (χ1) is 9.06. The van der Waals surface area contributed by atoms with Gasteiger partial charge in [-0.2, -0.15) is 16.3 Å². The lowest BCUT2D eigenvalue weighted by atomic mass is 10.2. The molecule has 0 radical (unpaired) electrons. The monoisotopic (exact) mass is 296 g/mol. The number of carbonyl (C=O) groups is 1. The van der Waals surface area contributed by atoms with E-state index in [0.717, 1.165) is 17.3 Å². The second-order valence-electron chi connectivity index (χ2n) is 3.94. The van der Waals surface area contributed by atoms with E-state index in [1.807, 2.05) is 12.3 Å². The SMILES string of the molecule is Cc1cscc1Cn1ccc(=O)nc1SCC(=O)O. The molecule has 0 aliphatic carbocycles. The number of aromatic nitrogens is 2. The van der Waals surface area contributed by atoms with Crippen molar-refractivity contribution in [1.82, 2.24) is 9.55 Å². The number of hydrogen-bond donors (Lipinski definition) is 1. The smallest absolute Gasteiger partial charge is 0.313 e. The van der Waals surface area contributed by atoms with Crippen molar-refractivity contribution in [2.75, 3.05) is 5.75 Å². The summed E-state index contributed by atoms with van der Waals surface area (Å²) in [5.74, 6) is -1.04. The van der Waals surface area contributed by atoms with E-state index in [4.69, 9.17) is 5.11 Å². The molecule has 2 aromatic heterocycles. The first-order valence-electron chi connectivity index (χ1n) is 5.50. The van der Waals surface area contributed by atoms with Gasteiger partial charge in [-0.1, -0.05) is 11.8 Å². The maximum atomic E-state index is 11.3. The van der Waals surface area contributed by atoms with Crippen molar-refractivity contribution >= 4 is 29.1 Å². The number of thiophene rings is 1. The summed E-state index contributed by atoms with van der Waals surface area (Å²) < 4.78 is 1.80. The number of thioether (sulfide) groups is 1. The Balaban J connectivity index is 2.26. The number of hydrogen-bond acceptors (Lipinski definition) is 5. The van der Waals surface area contributed by atoms with Crippen LogP contribution in [0.3, 0.4) is 0 Å². The minimum absolute atomic E-state index is 0.112. The third-order valence-electron chi connectivity index (χ3n) is 2.48. The Kier molecular flexibility index (Phi) is 4.39. The Hall–Kier alpha value is -1.60. The second-order valence-corrected chi connectivity index (χ2v) is 5.62. The summed E-state index contributed by atoms with van der Waals surface area (Å²) in [5, 5.41) is 13.2. The highest BCUT2D eigenvalue weighted by Gasteiger charge is 2.08. The summed E-state index contributed by atoms with van der Waals surface area (Å²) in [6.07, 6.45) is 1.65. The molecule has 0 amide bonds. The zero-order valence-corrected chi connectivity index (χ0v) is 11.8. The van der Waals surface area contributed by atoms with Gasteiger partial charge < -0.3 is 9.67 Å². The molecule has 19 heavy (non-hydrogen) atoms. The van der Waals surface area contributed by atoms with E-state index in [1.165, 1.54) is 11.6 Å². The van der Waals surface area contributed by atoms with Gasteiger partial charge in [-0.25, -0.2) is 0 Å². The summed E-state index contributed by atoms with van der Waals surface area (Å²) >= 11 is 2.67. The van der Waals surface area contributed by atoms with Crippen molar-refractivity contribution in [3.05, 3.63) is 44.5 Å². The molecule has 0 unspecified atom stereocenters. The molecule has 0 fully saturated rings. The lowest BCUT2D eigenvalue weighted by molar-refractivity contribution is -0.133. The zero-order chi connectivity index (χ0) is 13.8. The quantitative estimate of drug-likeness (QED) is 0.673.